The van der Waals surface area contributed by atoms with Crippen molar-refractivity contribution in [2.75, 3.05) is 13.1 Å². The molecule has 7 nitrogen and oxygen atoms in total. The van der Waals surface area contributed by atoms with Crippen LogP contribution in [0.2, 0.25) is 0 Å². The van der Waals surface area contributed by atoms with Gasteiger partial charge in [0.25, 0.3) is 5.89 Å². The molecule has 0 aromatic carbocycles. The third kappa shape index (κ3) is 4.50. The van der Waals surface area contributed by atoms with E-state index in [2.05, 4.69) is 15.5 Å². The first-order valence-electron chi connectivity index (χ1n) is 9.77. The van der Waals surface area contributed by atoms with E-state index in [9.17, 15) is 9.59 Å². The monoisotopic (exact) mass is 362 g/mol. The number of aromatic nitrogens is 2. The number of hydrogen-bond acceptors (Lipinski definition) is 6. The second kappa shape index (κ2) is 7.86. The van der Waals surface area contributed by atoms with Gasteiger partial charge in [-0.1, -0.05) is 19.3 Å². The maximum atomic E-state index is 12.8. The van der Waals surface area contributed by atoms with Gasteiger partial charge >= 0.3 is 0 Å². The second-order valence-corrected chi connectivity index (χ2v) is 8.49. The summed E-state index contributed by atoms with van der Waals surface area (Å²) in [6, 6.07) is -0.482. The van der Waals surface area contributed by atoms with Crippen molar-refractivity contribution < 1.29 is 14.0 Å². The number of rotatable bonds is 5. The number of amides is 1. The van der Waals surface area contributed by atoms with Crippen molar-refractivity contribution >= 4 is 11.7 Å². The van der Waals surface area contributed by atoms with Crippen molar-refractivity contribution in [2.45, 2.75) is 83.2 Å². The summed E-state index contributed by atoms with van der Waals surface area (Å²) in [6.45, 7) is 6.86. The van der Waals surface area contributed by atoms with Gasteiger partial charge < -0.3 is 14.6 Å². The Bertz CT molecular complexity index is 643. The van der Waals surface area contributed by atoms with Crippen molar-refractivity contribution in [1.82, 2.24) is 20.4 Å². The molecule has 1 atom stereocenters. The number of nitrogens with one attached hydrogen (secondary N) is 1. The molecular formula is C19H30N4O3. The molecular weight excluding hydrogens is 332 g/mol. The lowest BCUT2D eigenvalue weighted by Crippen LogP contribution is -2.48. The van der Waals surface area contributed by atoms with Crippen LogP contribution in [-0.2, 0) is 4.79 Å². The molecule has 1 aliphatic carbocycles. The Morgan fingerprint density at radius 3 is 2.54 bits per heavy atom. The van der Waals surface area contributed by atoms with E-state index in [1.165, 1.54) is 19.3 Å². The van der Waals surface area contributed by atoms with E-state index in [0.717, 1.165) is 19.3 Å². The van der Waals surface area contributed by atoms with E-state index < -0.39 is 6.04 Å². The van der Waals surface area contributed by atoms with Crippen LogP contribution in [0.4, 0.5) is 0 Å². The predicted molar refractivity (Wildman–Crippen MR) is 96.9 cm³/mol. The Morgan fingerprint density at radius 1 is 1.12 bits per heavy atom. The van der Waals surface area contributed by atoms with Crippen LogP contribution in [0, 0.1) is 0 Å². The smallest absolute Gasteiger partial charge is 0.286 e. The number of carbonyl (C=O) groups excluding carboxylic acids is 2. The van der Waals surface area contributed by atoms with Crippen LogP contribution in [0.3, 0.4) is 0 Å². The van der Waals surface area contributed by atoms with Crippen molar-refractivity contribution in [3.8, 4) is 0 Å². The minimum atomic E-state index is -0.482. The molecule has 1 aromatic heterocycles. The van der Waals surface area contributed by atoms with Gasteiger partial charge in [-0.15, -0.1) is 10.2 Å². The SMILES string of the molecule is CC(C)(C)NCC(=O)N1CCCC1C(=O)c1nnc(C2CCCCC2)o1. The molecule has 26 heavy (non-hydrogen) atoms. The van der Waals surface area contributed by atoms with E-state index in [0.29, 0.717) is 18.9 Å². The normalized spacial score (nSPS) is 22.0. The predicted octanol–water partition coefficient (Wildman–Crippen LogP) is 2.68. The average Bonchev–Trinajstić information content (AvgIpc) is 3.28. The molecule has 2 heterocycles. The Balaban J connectivity index is 1.64. The van der Waals surface area contributed by atoms with E-state index >= 15 is 0 Å². The van der Waals surface area contributed by atoms with Crippen LogP contribution < -0.4 is 5.32 Å². The van der Waals surface area contributed by atoms with Crippen LogP contribution in [-0.4, -0.2) is 51.5 Å². The van der Waals surface area contributed by atoms with Gasteiger partial charge in [-0.05, 0) is 46.5 Å². The van der Waals surface area contributed by atoms with Crippen LogP contribution in [0.25, 0.3) is 0 Å². The van der Waals surface area contributed by atoms with Crippen molar-refractivity contribution in [3.05, 3.63) is 11.8 Å². The highest BCUT2D eigenvalue weighted by atomic mass is 16.4. The molecule has 1 unspecified atom stereocenters. The zero-order chi connectivity index (χ0) is 18.7. The first-order chi connectivity index (χ1) is 12.3. The molecule has 1 saturated carbocycles. The van der Waals surface area contributed by atoms with E-state index in [1.807, 2.05) is 20.8 Å². The van der Waals surface area contributed by atoms with Gasteiger partial charge in [0.15, 0.2) is 0 Å². The average molecular weight is 362 g/mol. The molecule has 1 aromatic rings. The number of nitrogens with zero attached hydrogens (tertiary/aromatic N) is 3. The highest BCUT2D eigenvalue weighted by Crippen LogP contribution is 2.32. The first kappa shape index (κ1) is 19.0. The van der Waals surface area contributed by atoms with Crippen molar-refractivity contribution in [1.29, 1.82) is 0 Å². The van der Waals surface area contributed by atoms with Crippen molar-refractivity contribution in [3.63, 3.8) is 0 Å². The molecule has 1 amide bonds. The number of carbonyl (C=O) groups is 2. The zero-order valence-corrected chi connectivity index (χ0v) is 16.1. The summed E-state index contributed by atoms with van der Waals surface area (Å²) in [6.07, 6.45) is 7.15. The number of ketones is 1. The van der Waals surface area contributed by atoms with Gasteiger partial charge in [-0.25, -0.2) is 0 Å². The van der Waals surface area contributed by atoms with Gasteiger partial charge in [-0.3, -0.25) is 9.59 Å². The van der Waals surface area contributed by atoms with Crippen LogP contribution in [0.5, 0.6) is 0 Å². The minimum absolute atomic E-state index is 0.0530. The van der Waals surface area contributed by atoms with E-state index in [4.69, 9.17) is 4.42 Å². The molecule has 0 radical (unpaired) electrons. The first-order valence-corrected chi connectivity index (χ1v) is 9.77. The third-order valence-electron chi connectivity index (χ3n) is 5.25. The third-order valence-corrected chi connectivity index (χ3v) is 5.25. The molecule has 0 spiro atoms. The van der Waals surface area contributed by atoms with E-state index in [-0.39, 0.29) is 35.6 Å². The topological polar surface area (TPSA) is 88.3 Å². The molecule has 2 fully saturated rings. The molecule has 2 aliphatic rings. The Hall–Kier alpha value is -1.76. The lowest BCUT2D eigenvalue weighted by molar-refractivity contribution is -0.130. The quantitative estimate of drug-likeness (QED) is 0.810. The molecule has 1 aliphatic heterocycles. The highest BCUT2D eigenvalue weighted by Gasteiger charge is 2.37. The fraction of sp³-hybridized carbons (Fsp3) is 0.789. The summed E-state index contributed by atoms with van der Waals surface area (Å²) in [5, 5.41) is 11.3. The lowest BCUT2D eigenvalue weighted by Gasteiger charge is -2.26. The van der Waals surface area contributed by atoms with Gasteiger partial charge in [0, 0.05) is 18.0 Å². The van der Waals surface area contributed by atoms with E-state index in [1.54, 1.807) is 4.90 Å². The number of likely N-dealkylation sites (tertiary alicyclic amines) is 1. The summed E-state index contributed by atoms with van der Waals surface area (Å²) < 4.78 is 5.71. The Labute approximate surface area is 154 Å². The maximum Gasteiger partial charge on any atom is 0.286 e. The molecule has 144 valence electrons. The van der Waals surface area contributed by atoms with Gasteiger partial charge in [0.1, 0.15) is 6.04 Å². The Kier molecular flexibility index (Phi) is 5.75. The summed E-state index contributed by atoms with van der Waals surface area (Å²) >= 11 is 0. The van der Waals surface area contributed by atoms with Crippen LogP contribution >= 0.6 is 0 Å². The second-order valence-electron chi connectivity index (χ2n) is 8.49. The van der Waals surface area contributed by atoms with Gasteiger partial charge in [0.2, 0.25) is 17.6 Å². The summed E-state index contributed by atoms with van der Waals surface area (Å²) in [5.41, 5.74) is -0.143. The van der Waals surface area contributed by atoms with Crippen LogP contribution in [0.1, 0.15) is 88.2 Å². The molecule has 1 N–H and O–H groups in total. The van der Waals surface area contributed by atoms with Crippen LogP contribution in [0.15, 0.2) is 4.42 Å². The number of hydrogen-bond donors (Lipinski definition) is 1. The summed E-state index contributed by atoms with van der Waals surface area (Å²) in [7, 11) is 0. The summed E-state index contributed by atoms with van der Waals surface area (Å²) in [4.78, 5) is 27.0. The molecule has 1 saturated heterocycles. The highest BCUT2D eigenvalue weighted by molar-refractivity contribution is 5.98. The minimum Gasteiger partial charge on any atom is -0.418 e. The molecule has 3 rings (SSSR count). The fourth-order valence-electron chi connectivity index (χ4n) is 3.77. The molecule has 0 bridgehead atoms. The van der Waals surface area contributed by atoms with Crippen molar-refractivity contribution in [2.24, 2.45) is 0 Å². The number of Topliss-reactive ketones (excluding diaryl/α,β-unsaturated/α-hetero) is 1. The standard InChI is InChI=1S/C19H30N4O3/c1-19(2,3)20-12-15(24)23-11-7-10-14(23)16(25)18-22-21-17(26-18)13-8-5-4-6-9-13/h13-14,20H,4-12H2,1-3H3. The lowest BCUT2D eigenvalue weighted by atomic mass is 9.89. The fourth-order valence-corrected chi connectivity index (χ4v) is 3.77. The Morgan fingerprint density at radius 2 is 1.85 bits per heavy atom. The molecule has 7 heteroatoms. The van der Waals surface area contributed by atoms with Gasteiger partial charge in [-0.2, -0.15) is 0 Å². The summed E-state index contributed by atoms with van der Waals surface area (Å²) in [5.74, 6) is 0.636. The zero-order valence-electron chi connectivity index (χ0n) is 16.1. The maximum absolute atomic E-state index is 12.8. The largest absolute Gasteiger partial charge is 0.418 e. The van der Waals surface area contributed by atoms with Gasteiger partial charge in [0.05, 0.1) is 6.54 Å².